The second-order valence-corrected chi connectivity index (χ2v) is 14.1. The maximum Gasteiger partial charge on any atom is 0.330 e. The van der Waals surface area contributed by atoms with Crippen LogP contribution in [0.2, 0.25) is 0 Å². The summed E-state index contributed by atoms with van der Waals surface area (Å²) < 4.78 is 12.3. The minimum absolute atomic E-state index is 0.111. The molecule has 0 spiro atoms. The lowest BCUT2D eigenvalue weighted by Crippen LogP contribution is -2.49. The summed E-state index contributed by atoms with van der Waals surface area (Å²) in [4.78, 5) is 51.5. The molecule has 5 atom stereocenters. The summed E-state index contributed by atoms with van der Waals surface area (Å²) >= 11 is 1.53. The molecule has 1 aromatic carbocycles. The van der Waals surface area contributed by atoms with Crippen LogP contribution in [0.5, 0.6) is 11.5 Å². The van der Waals surface area contributed by atoms with E-state index in [0.717, 1.165) is 46.4 Å². The van der Waals surface area contributed by atoms with Crippen molar-refractivity contribution in [2.75, 3.05) is 20.7 Å². The van der Waals surface area contributed by atoms with E-state index in [9.17, 15) is 19.5 Å². The number of carboxylic acids is 1. The number of nitrogens with one attached hydrogen (secondary N) is 1. The van der Waals surface area contributed by atoms with Gasteiger partial charge in [-0.25, -0.2) is 14.8 Å². The normalized spacial score (nSPS) is 27.5. The van der Waals surface area contributed by atoms with Crippen LogP contribution in [-0.2, 0) is 14.4 Å². The quantitative estimate of drug-likeness (QED) is 0.325. The van der Waals surface area contributed by atoms with Crippen molar-refractivity contribution in [1.82, 2.24) is 20.2 Å². The largest absolute Gasteiger partial charge is 0.496 e. The second kappa shape index (κ2) is 12.7. The molecular weight excluding hydrogens is 604 g/mol. The van der Waals surface area contributed by atoms with Gasteiger partial charge in [-0.1, -0.05) is 26.0 Å². The molecule has 2 fully saturated rings. The zero-order valence-corrected chi connectivity index (χ0v) is 27.9. The van der Waals surface area contributed by atoms with E-state index < -0.39 is 35.4 Å². The molecule has 2 N–H and O–H groups in total. The first kappa shape index (κ1) is 32.0. The number of hydrogen-bond donors (Lipinski definition) is 2. The number of carbonyl (C=O) groups excluding carboxylic acids is 2. The molecule has 244 valence electrons. The number of aryl methyl sites for hydroxylation is 1. The van der Waals surface area contributed by atoms with Crippen molar-refractivity contribution in [2.24, 2.45) is 17.8 Å². The maximum atomic E-state index is 13.8. The summed E-state index contributed by atoms with van der Waals surface area (Å²) in [5.41, 5.74) is 1.94. The number of aromatic nitrogens is 2. The average molecular weight is 647 g/mol. The van der Waals surface area contributed by atoms with Crippen LogP contribution in [0.1, 0.15) is 69.5 Å². The fourth-order valence-electron chi connectivity index (χ4n) is 6.85. The van der Waals surface area contributed by atoms with Crippen molar-refractivity contribution in [3.05, 3.63) is 47.0 Å². The molecule has 1 unspecified atom stereocenters. The van der Waals surface area contributed by atoms with Gasteiger partial charge in [-0.05, 0) is 63.5 Å². The van der Waals surface area contributed by atoms with Gasteiger partial charge in [0.05, 0.1) is 30.2 Å². The highest BCUT2D eigenvalue weighted by molar-refractivity contribution is 7.13. The first-order valence-corrected chi connectivity index (χ1v) is 17.0. The number of methoxy groups -OCH3 is 1. The molecule has 11 heteroatoms. The third kappa shape index (κ3) is 5.97. The first-order valence-electron chi connectivity index (χ1n) is 16.1. The highest BCUT2D eigenvalue weighted by Gasteiger charge is 2.61. The van der Waals surface area contributed by atoms with E-state index in [1.807, 2.05) is 42.7 Å². The van der Waals surface area contributed by atoms with E-state index in [1.165, 1.54) is 11.3 Å². The van der Waals surface area contributed by atoms with Gasteiger partial charge in [0, 0.05) is 41.9 Å². The fraction of sp³-hybridized carbons (Fsp3) is 0.514. The Bertz CT molecular complexity index is 1700. The Morgan fingerprint density at radius 2 is 1.93 bits per heavy atom. The number of amides is 2. The minimum Gasteiger partial charge on any atom is -0.496 e. The molecule has 2 saturated carbocycles. The van der Waals surface area contributed by atoms with E-state index in [-0.39, 0.29) is 24.2 Å². The van der Waals surface area contributed by atoms with Gasteiger partial charge in [0.25, 0.3) is 0 Å². The first-order chi connectivity index (χ1) is 22.0. The predicted octanol–water partition coefficient (Wildman–Crippen LogP) is 5.73. The van der Waals surface area contributed by atoms with Crippen LogP contribution in [0.3, 0.4) is 0 Å². The Balaban J connectivity index is 1.35. The number of thiazole rings is 1. The molecule has 6 rings (SSSR count). The molecule has 0 bridgehead atoms. The molecule has 2 aromatic heterocycles. The Morgan fingerprint density at radius 1 is 1.15 bits per heavy atom. The lowest BCUT2D eigenvalue weighted by atomic mass is 9.93. The number of pyridine rings is 1. The number of carbonyl (C=O) groups is 3. The van der Waals surface area contributed by atoms with Crippen LogP contribution in [0.4, 0.5) is 0 Å². The third-order valence-electron chi connectivity index (χ3n) is 9.77. The fourth-order valence-corrected chi connectivity index (χ4v) is 7.79. The number of carboxylic acid groups (broad SMARTS) is 1. The second-order valence-electron chi connectivity index (χ2n) is 13.2. The van der Waals surface area contributed by atoms with E-state index in [2.05, 4.69) is 19.2 Å². The Labute approximate surface area is 273 Å². The Hall–Kier alpha value is -3.99. The smallest absolute Gasteiger partial charge is 0.330 e. The molecular formula is C35H42N4O6S. The predicted molar refractivity (Wildman–Crippen MR) is 176 cm³/mol. The average Bonchev–Trinajstić information content (AvgIpc) is 3.33. The number of allylic oxidation sites excluding steroid dienone is 1. The monoisotopic (exact) mass is 646 g/mol. The summed E-state index contributed by atoms with van der Waals surface area (Å²) in [6.07, 6.45) is 6.97. The highest BCUT2D eigenvalue weighted by atomic mass is 32.1. The van der Waals surface area contributed by atoms with E-state index in [0.29, 0.717) is 36.6 Å². The van der Waals surface area contributed by atoms with Crippen molar-refractivity contribution in [3.8, 4) is 22.2 Å². The number of nitrogens with zero attached hydrogens (tertiary/aromatic N) is 3. The van der Waals surface area contributed by atoms with Gasteiger partial charge in [-0.3, -0.25) is 9.59 Å². The van der Waals surface area contributed by atoms with Crippen molar-refractivity contribution < 1.29 is 29.0 Å². The van der Waals surface area contributed by atoms with Crippen molar-refractivity contribution in [1.29, 1.82) is 0 Å². The van der Waals surface area contributed by atoms with Crippen LogP contribution < -0.4 is 14.8 Å². The maximum absolute atomic E-state index is 13.8. The summed E-state index contributed by atoms with van der Waals surface area (Å²) in [6, 6.07) is 5.70. The number of benzene rings is 1. The summed E-state index contributed by atoms with van der Waals surface area (Å²) in [5, 5.41) is 16.6. The van der Waals surface area contributed by atoms with Gasteiger partial charge in [0.1, 0.15) is 33.8 Å². The van der Waals surface area contributed by atoms with Gasteiger partial charge in [0.2, 0.25) is 11.8 Å². The highest BCUT2D eigenvalue weighted by Crippen LogP contribution is 2.47. The number of aliphatic carboxylic acids is 1. The van der Waals surface area contributed by atoms with Crippen LogP contribution in [-0.4, -0.2) is 70.1 Å². The number of fused-ring (bicyclic) bond motifs is 3. The van der Waals surface area contributed by atoms with Crippen LogP contribution >= 0.6 is 11.3 Å². The molecule has 2 aliphatic carbocycles. The molecule has 46 heavy (non-hydrogen) atoms. The number of hydrogen-bond acceptors (Lipinski definition) is 8. The van der Waals surface area contributed by atoms with Crippen LogP contribution in [0, 0.1) is 24.7 Å². The summed E-state index contributed by atoms with van der Waals surface area (Å²) in [6.45, 7) is 6.75. The minimum atomic E-state index is -1.33. The zero-order chi connectivity index (χ0) is 32.7. The van der Waals surface area contributed by atoms with Gasteiger partial charge in [-0.2, -0.15) is 0 Å². The lowest BCUT2D eigenvalue weighted by Gasteiger charge is -2.26. The van der Waals surface area contributed by atoms with Crippen molar-refractivity contribution >= 4 is 40.0 Å². The molecule has 10 nitrogen and oxygen atoms in total. The van der Waals surface area contributed by atoms with Gasteiger partial charge in [-0.15, -0.1) is 11.3 Å². The van der Waals surface area contributed by atoms with E-state index in [4.69, 9.17) is 19.4 Å². The number of ether oxygens (including phenoxy) is 2. The molecule has 3 aromatic rings. The SMILES string of the molecule is COc1ccc2c(OC3C[C@H]4C(=O)N[C@]5(C(=O)O)C[C@H]5/C=C\CCCCN(C)C(=O)[C@@H]4C3)cc(-c3nc(C(C)C)cs3)nc2c1C. The molecule has 3 aliphatic rings. The summed E-state index contributed by atoms with van der Waals surface area (Å²) in [7, 11) is 3.41. The molecule has 1 aliphatic heterocycles. The standard InChI is InChI=1S/C35H42N4O6S/c1-19(2)27-18-46-32(37-27)26-16-29(23-11-12-28(44-5)20(3)30(23)36-26)45-22-14-24-25(15-22)33(41)39(4)13-9-7-6-8-10-21-17-35(21,34(42)43)38-31(24)40/h8,10-12,16,18-19,21-22,24-25H,6-7,9,13-15,17H2,1-5H3,(H,38,40)(H,42,43)/b10-8-/t21-,22?,24-,25-,35-/m1/s1. The van der Waals surface area contributed by atoms with Crippen molar-refractivity contribution in [3.63, 3.8) is 0 Å². The molecule has 0 radical (unpaired) electrons. The van der Waals surface area contributed by atoms with Gasteiger partial charge in [0.15, 0.2) is 0 Å². The lowest BCUT2D eigenvalue weighted by molar-refractivity contribution is -0.145. The number of rotatable bonds is 6. The Kier molecular flexibility index (Phi) is 8.80. The van der Waals surface area contributed by atoms with Gasteiger partial charge >= 0.3 is 5.97 Å². The Morgan fingerprint density at radius 3 is 2.65 bits per heavy atom. The topological polar surface area (TPSA) is 131 Å². The third-order valence-corrected chi connectivity index (χ3v) is 10.7. The van der Waals surface area contributed by atoms with E-state index >= 15 is 0 Å². The molecule has 2 amide bonds. The van der Waals surface area contributed by atoms with Crippen LogP contribution in [0.15, 0.2) is 35.7 Å². The van der Waals surface area contributed by atoms with Crippen LogP contribution in [0.25, 0.3) is 21.6 Å². The van der Waals surface area contributed by atoms with Gasteiger partial charge < -0.3 is 24.8 Å². The molecule has 0 saturated heterocycles. The van der Waals surface area contributed by atoms with E-state index in [1.54, 1.807) is 19.1 Å². The molecule has 3 heterocycles. The van der Waals surface area contributed by atoms with Crippen molar-refractivity contribution in [2.45, 2.75) is 76.9 Å². The zero-order valence-electron chi connectivity index (χ0n) is 27.0. The summed E-state index contributed by atoms with van der Waals surface area (Å²) in [5.74, 6) is -1.58.